The topological polar surface area (TPSA) is 9.23 Å². The van der Waals surface area contributed by atoms with Crippen LogP contribution in [0.4, 0.5) is 0 Å². The first kappa shape index (κ1) is 20.8. The lowest BCUT2D eigenvalue weighted by atomic mass is 9.81. The Labute approximate surface area is 138 Å². The van der Waals surface area contributed by atoms with Gasteiger partial charge in [0.05, 0.1) is 0 Å². The highest BCUT2D eigenvalue weighted by Gasteiger charge is 2.32. The van der Waals surface area contributed by atoms with Gasteiger partial charge in [-0.25, -0.2) is 0 Å². The quantitative estimate of drug-likeness (QED) is 0.350. The zero-order valence-corrected chi connectivity index (χ0v) is 15.8. The molecule has 0 amide bonds. The molecule has 0 aliphatic heterocycles. The maximum absolute atomic E-state index is 5.47. The van der Waals surface area contributed by atoms with E-state index in [1.807, 2.05) is 6.08 Å². The van der Waals surface area contributed by atoms with E-state index in [9.17, 15) is 0 Å². The Morgan fingerprint density at radius 2 is 1.76 bits per heavy atom. The molecule has 1 fully saturated rings. The number of hydrogen-bond donors (Lipinski definition) is 1. The van der Waals surface area contributed by atoms with Gasteiger partial charge in [-0.2, -0.15) is 0 Å². The smallest absolute Gasteiger partial charge is 0.131 e. The summed E-state index contributed by atoms with van der Waals surface area (Å²) in [4.78, 5) is -0.401. The first-order chi connectivity index (χ1) is 9.70. The molecule has 124 valence electrons. The molecule has 2 heteroatoms. The van der Waals surface area contributed by atoms with E-state index in [0.717, 1.165) is 12.8 Å². The molecule has 0 saturated heterocycles. The summed E-state index contributed by atoms with van der Waals surface area (Å²) in [6.45, 7) is 16.5. The third kappa shape index (κ3) is 8.11. The maximum atomic E-state index is 5.47. The van der Waals surface area contributed by atoms with Crippen LogP contribution in [-0.2, 0) is 4.74 Å². The van der Waals surface area contributed by atoms with Crippen LogP contribution < -0.4 is 0 Å². The lowest BCUT2D eigenvalue weighted by molar-refractivity contribution is 0.0879. The van der Waals surface area contributed by atoms with Gasteiger partial charge in [-0.15, -0.1) is 19.2 Å². The standard InChI is InChI=1S/C12H22OS.C7H14/c1-4-12(14,13-3)10(2)11-8-6-5-7-9-11;1-5-6-7(2,3)4/h11,14H,2,4-9H2,1,3H3;5H,1,6H2,2-4H3. The third-order valence-electron chi connectivity index (χ3n) is 4.17. The van der Waals surface area contributed by atoms with Gasteiger partial charge < -0.3 is 4.74 Å². The minimum atomic E-state index is -0.401. The molecule has 0 heterocycles. The van der Waals surface area contributed by atoms with E-state index in [1.165, 1.54) is 37.7 Å². The lowest BCUT2D eigenvalue weighted by Crippen LogP contribution is -2.30. The Hall–Kier alpha value is -0.210. The fourth-order valence-corrected chi connectivity index (χ4v) is 2.89. The molecule has 1 unspecified atom stereocenters. The predicted molar refractivity (Wildman–Crippen MR) is 99.0 cm³/mol. The van der Waals surface area contributed by atoms with Crippen LogP contribution in [0.15, 0.2) is 24.8 Å². The van der Waals surface area contributed by atoms with Gasteiger partial charge >= 0.3 is 0 Å². The number of rotatable bonds is 5. The molecule has 0 N–H and O–H groups in total. The van der Waals surface area contributed by atoms with Crippen LogP contribution in [0.5, 0.6) is 0 Å². The van der Waals surface area contributed by atoms with Crippen molar-refractivity contribution in [1.82, 2.24) is 0 Å². The summed E-state index contributed by atoms with van der Waals surface area (Å²) in [6.07, 6.45) is 10.5. The molecule has 21 heavy (non-hydrogen) atoms. The van der Waals surface area contributed by atoms with Crippen LogP contribution in [0.3, 0.4) is 0 Å². The molecular formula is C19H36OS. The Bertz CT molecular complexity index is 304. The summed E-state index contributed by atoms with van der Waals surface area (Å²) in [7, 11) is 1.73. The SMILES string of the molecule is C=C(C1CCCCC1)C(S)(CC)OC.C=CCC(C)(C)C. The molecular weight excluding hydrogens is 276 g/mol. The van der Waals surface area contributed by atoms with Crippen LogP contribution in [0.25, 0.3) is 0 Å². The van der Waals surface area contributed by atoms with E-state index >= 15 is 0 Å². The second-order valence-electron chi connectivity index (χ2n) is 7.26. The molecule has 1 atom stereocenters. The molecule has 1 aliphatic rings. The Morgan fingerprint density at radius 1 is 1.24 bits per heavy atom. The average molecular weight is 313 g/mol. The van der Waals surface area contributed by atoms with Gasteiger partial charge in [-0.05, 0) is 42.6 Å². The molecule has 0 spiro atoms. The van der Waals surface area contributed by atoms with E-state index in [1.54, 1.807) is 7.11 Å². The molecule has 1 rings (SSSR count). The molecule has 0 aromatic heterocycles. The lowest BCUT2D eigenvalue weighted by Gasteiger charge is -2.35. The highest BCUT2D eigenvalue weighted by molar-refractivity contribution is 7.81. The minimum absolute atomic E-state index is 0.401. The second-order valence-corrected chi connectivity index (χ2v) is 7.98. The second kappa shape index (κ2) is 9.74. The van der Waals surface area contributed by atoms with Gasteiger partial charge in [-0.3, -0.25) is 0 Å². The summed E-state index contributed by atoms with van der Waals surface area (Å²) >= 11 is 4.60. The van der Waals surface area contributed by atoms with Crippen molar-refractivity contribution in [1.29, 1.82) is 0 Å². The van der Waals surface area contributed by atoms with E-state index in [2.05, 4.69) is 53.5 Å². The van der Waals surface area contributed by atoms with Crippen LogP contribution >= 0.6 is 12.6 Å². The minimum Gasteiger partial charge on any atom is -0.364 e. The highest BCUT2D eigenvalue weighted by Crippen LogP contribution is 2.39. The Morgan fingerprint density at radius 3 is 2.05 bits per heavy atom. The van der Waals surface area contributed by atoms with Gasteiger partial charge in [-0.1, -0.05) is 59.6 Å². The van der Waals surface area contributed by atoms with Gasteiger partial charge in [0.25, 0.3) is 0 Å². The van der Waals surface area contributed by atoms with Crippen molar-refractivity contribution in [2.75, 3.05) is 7.11 Å². The fraction of sp³-hybridized carbons (Fsp3) is 0.789. The molecule has 0 aromatic carbocycles. The van der Waals surface area contributed by atoms with Crippen molar-refractivity contribution in [2.45, 2.75) is 77.6 Å². The first-order valence-electron chi connectivity index (χ1n) is 8.28. The summed E-state index contributed by atoms with van der Waals surface area (Å²) in [5.41, 5.74) is 1.62. The number of hydrogen-bond acceptors (Lipinski definition) is 2. The molecule has 1 saturated carbocycles. The maximum Gasteiger partial charge on any atom is 0.131 e. The zero-order valence-electron chi connectivity index (χ0n) is 14.9. The van der Waals surface area contributed by atoms with Crippen molar-refractivity contribution < 1.29 is 4.74 Å². The van der Waals surface area contributed by atoms with Crippen LogP contribution in [0.2, 0.25) is 0 Å². The average Bonchev–Trinajstić information content (AvgIpc) is 2.46. The highest BCUT2D eigenvalue weighted by atomic mass is 32.1. The molecule has 0 radical (unpaired) electrons. The summed E-state index contributed by atoms with van der Waals surface area (Å²) in [6, 6.07) is 0. The van der Waals surface area contributed by atoms with E-state index < -0.39 is 4.93 Å². The van der Waals surface area contributed by atoms with Crippen molar-refractivity contribution in [3.05, 3.63) is 24.8 Å². The van der Waals surface area contributed by atoms with E-state index in [-0.39, 0.29) is 0 Å². The number of ether oxygens (including phenoxy) is 1. The largest absolute Gasteiger partial charge is 0.364 e. The van der Waals surface area contributed by atoms with Crippen molar-refractivity contribution in [3.63, 3.8) is 0 Å². The van der Waals surface area contributed by atoms with Crippen molar-refractivity contribution in [3.8, 4) is 0 Å². The van der Waals surface area contributed by atoms with Crippen molar-refractivity contribution in [2.24, 2.45) is 11.3 Å². The van der Waals surface area contributed by atoms with Crippen LogP contribution in [-0.4, -0.2) is 12.0 Å². The number of allylic oxidation sites excluding steroid dienone is 1. The van der Waals surface area contributed by atoms with Crippen molar-refractivity contribution >= 4 is 12.6 Å². The summed E-state index contributed by atoms with van der Waals surface area (Å²) in [5, 5.41) is 0. The summed E-state index contributed by atoms with van der Waals surface area (Å²) < 4.78 is 5.47. The van der Waals surface area contributed by atoms with Gasteiger partial charge in [0, 0.05) is 7.11 Å². The number of methoxy groups -OCH3 is 1. The molecule has 0 aromatic rings. The monoisotopic (exact) mass is 312 g/mol. The third-order valence-corrected chi connectivity index (χ3v) is 4.96. The first-order valence-corrected chi connectivity index (χ1v) is 8.72. The molecule has 0 bridgehead atoms. The molecule has 1 nitrogen and oxygen atoms in total. The number of thiol groups is 1. The Balaban J connectivity index is 0.000000486. The summed E-state index contributed by atoms with van der Waals surface area (Å²) in [5.74, 6) is 0.626. The van der Waals surface area contributed by atoms with E-state index in [0.29, 0.717) is 11.3 Å². The van der Waals surface area contributed by atoms with Crippen LogP contribution in [0.1, 0.15) is 72.6 Å². The van der Waals surface area contributed by atoms with E-state index in [4.69, 9.17) is 4.74 Å². The van der Waals surface area contributed by atoms with Gasteiger partial charge in [0.2, 0.25) is 0 Å². The van der Waals surface area contributed by atoms with Crippen LogP contribution in [0, 0.1) is 11.3 Å². The normalized spacial score (nSPS) is 19.1. The Kier molecular flexibility index (Phi) is 9.64. The van der Waals surface area contributed by atoms with Gasteiger partial charge in [0.1, 0.15) is 4.93 Å². The molecule has 1 aliphatic carbocycles. The van der Waals surface area contributed by atoms with Gasteiger partial charge in [0.15, 0.2) is 0 Å². The fourth-order valence-electron chi connectivity index (χ4n) is 2.71. The zero-order chi connectivity index (χ0) is 16.5. The predicted octanol–water partition coefficient (Wildman–Crippen LogP) is 6.41.